The molecule has 0 aliphatic heterocycles. The van der Waals surface area contributed by atoms with E-state index in [2.05, 4.69) is 17.4 Å². The molecule has 1 amide bonds. The van der Waals surface area contributed by atoms with Crippen LogP contribution in [0, 0.1) is 0 Å². The first-order valence-corrected chi connectivity index (χ1v) is 9.08. The maximum atomic E-state index is 11.8. The van der Waals surface area contributed by atoms with Gasteiger partial charge in [-0.3, -0.25) is 4.79 Å². The third-order valence-corrected chi connectivity index (χ3v) is 4.35. The lowest BCUT2D eigenvalue weighted by Crippen LogP contribution is -2.28. The predicted molar refractivity (Wildman–Crippen MR) is 98.7 cm³/mol. The van der Waals surface area contributed by atoms with E-state index in [0.717, 1.165) is 23.0 Å². The van der Waals surface area contributed by atoms with Gasteiger partial charge >= 0.3 is 0 Å². The van der Waals surface area contributed by atoms with Crippen LogP contribution in [0.25, 0.3) is 0 Å². The molecule has 0 atom stereocenters. The van der Waals surface area contributed by atoms with Crippen molar-refractivity contribution in [3.8, 4) is 11.5 Å². The molecule has 0 unspecified atom stereocenters. The lowest BCUT2D eigenvalue weighted by molar-refractivity contribution is -0.120. The van der Waals surface area contributed by atoms with Gasteiger partial charge in [0, 0.05) is 24.0 Å². The Bertz CT molecular complexity index is 619. The number of methoxy groups -OCH3 is 1. The number of hydrogen-bond donors (Lipinski definition) is 1. The number of nitrogens with one attached hydrogen (secondary N) is 1. The Kier molecular flexibility index (Phi) is 8.04. The van der Waals surface area contributed by atoms with Crippen molar-refractivity contribution in [1.29, 1.82) is 0 Å². The monoisotopic (exact) mass is 345 g/mol. The zero-order valence-corrected chi connectivity index (χ0v) is 14.7. The summed E-state index contributed by atoms with van der Waals surface area (Å²) in [5.41, 5.74) is 1.29. The number of thioether (sulfide) groups is 1. The Morgan fingerprint density at radius 2 is 1.88 bits per heavy atom. The Morgan fingerprint density at radius 1 is 1.08 bits per heavy atom. The zero-order valence-electron chi connectivity index (χ0n) is 13.9. The summed E-state index contributed by atoms with van der Waals surface area (Å²) in [5.74, 6) is 3.31. The lowest BCUT2D eigenvalue weighted by atomic mass is 10.2. The molecule has 2 aromatic carbocycles. The topological polar surface area (TPSA) is 47.6 Å². The van der Waals surface area contributed by atoms with Crippen molar-refractivity contribution >= 4 is 17.7 Å². The largest absolute Gasteiger partial charge is 0.497 e. The average Bonchev–Trinajstić information content (AvgIpc) is 2.63. The highest BCUT2D eigenvalue weighted by Crippen LogP contribution is 2.18. The van der Waals surface area contributed by atoms with Crippen LogP contribution in [0.5, 0.6) is 11.5 Å². The van der Waals surface area contributed by atoms with Gasteiger partial charge in [-0.25, -0.2) is 0 Å². The van der Waals surface area contributed by atoms with Crippen molar-refractivity contribution in [3.63, 3.8) is 0 Å². The number of carbonyl (C=O) groups is 1. The molecular formula is C19H23NO3S. The molecule has 24 heavy (non-hydrogen) atoms. The molecule has 5 heteroatoms. The number of hydrogen-bond acceptors (Lipinski definition) is 4. The number of amides is 1. The first-order valence-electron chi connectivity index (χ1n) is 7.93. The maximum absolute atomic E-state index is 11.8. The minimum Gasteiger partial charge on any atom is -0.497 e. The molecular weight excluding hydrogens is 322 g/mol. The van der Waals surface area contributed by atoms with Gasteiger partial charge in [0.15, 0.2) is 0 Å². The summed E-state index contributed by atoms with van der Waals surface area (Å²) in [5, 5.41) is 2.87. The fourth-order valence-corrected chi connectivity index (χ4v) is 2.97. The van der Waals surface area contributed by atoms with Gasteiger partial charge < -0.3 is 14.8 Å². The zero-order chi connectivity index (χ0) is 17.0. The molecule has 0 radical (unpaired) electrons. The lowest BCUT2D eigenvalue weighted by Gasteiger charge is -2.09. The van der Waals surface area contributed by atoms with E-state index in [9.17, 15) is 4.79 Å². The van der Waals surface area contributed by atoms with Gasteiger partial charge in [0.1, 0.15) is 18.1 Å². The second-order valence-electron chi connectivity index (χ2n) is 5.17. The molecule has 0 aliphatic carbocycles. The molecule has 4 nitrogen and oxygen atoms in total. The molecule has 0 aliphatic rings. The SMILES string of the molecule is COc1cccc(OCCNC(=O)CCSCc2ccccc2)c1. The summed E-state index contributed by atoms with van der Waals surface area (Å²) in [6.07, 6.45) is 0.524. The molecule has 0 saturated heterocycles. The fourth-order valence-electron chi connectivity index (χ4n) is 2.07. The highest BCUT2D eigenvalue weighted by Gasteiger charge is 2.02. The van der Waals surface area contributed by atoms with Crippen LogP contribution in [0.3, 0.4) is 0 Å². The average molecular weight is 345 g/mol. The minimum absolute atomic E-state index is 0.0600. The molecule has 0 bridgehead atoms. The van der Waals surface area contributed by atoms with Gasteiger partial charge in [-0.1, -0.05) is 36.4 Å². The first kappa shape index (κ1) is 18.2. The first-order chi connectivity index (χ1) is 11.8. The van der Waals surface area contributed by atoms with E-state index in [1.165, 1.54) is 5.56 Å². The van der Waals surface area contributed by atoms with E-state index in [-0.39, 0.29) is 5.91 Å². The smallest absolute Gasteiger partial charge is 0.220 e. The van der Waals surface area contributed by atoms with E-state index in [4.69, 9.17) is 9.47 Å². The minimum atomic E-state index is 0.0600. The van der Waals surface area contributed by atoms with E-state index in [0.29, 0.717) is 19.6 Å². The van der Waals surface area contributed by atoms with Crippen molar-refractivity contribution in [1.82, 2.24) is 5.32 Å². The number of carbonyl (C=O) groups excluding carboxylic acids is 1. The van der Waals surface area contributed by atoms with Crippen LogP contribution in [-0.4, -0.2) is 31.9 Å². The van der Waals surface area contributed by atoms with Gasteiger partial charge in [0.25, 0.3) is 0 Å². The van der Waals surface area contributed by atoms with Crippen LogP contribution in [0.4, 0.5) is 0 Å². The summed E-state index contributed by atoms with van der Waals surface area (Å²) in [6.45, 7) is 0.940. The molecule has 0 heterocycles. The van der Waals surface area contributed by atoms with Crippen LogP contribution in [-0.2, 0) is 10.5 Å². The molecule has 0 saturated carbocycles. The third-order valence-electron chi connectivity index (χ3n) is 3.32. The van der Waals surface area contributed by atoms with Gasteiger partial charge in [0.05, 0.1) is 13.7 Å². The molecule has 2 aromatic rings. The van der Waals surface area contributed by atoms with Crippen molar-refractivity contribution in [2.75, 3.05) is 26.0 Å². The Hall–Kier alpha value is -2.14. The predicted octanol–water partition coefficient (Wildman–Crippen LogP) is 3.51. The second-order valence-corrected chi connectivity index (χ2v) is 6.27. The molecule has 0 fully saturated rings. The molecule has 2 rings (SSSR count). The summed E-state index contributed by atoms with van der Waals surface area (Å²) in [4.78, 5) is 11.8. The van der Waals surface area contributed by atoms with Crippen molar-refractivity contribution < 1.29 is 14.3 Å². The van der Waals surface area contributed by atoms with Gasteiger partial charge in [-0.2, -0.15) is 11.8 Å². The van der Waals surface area contributed by atoms with Crippen LogP contribution < -0.4 is 14.8 Å². The van der Waals surface area contributed by atoms with E-state index in [1.54, 1.807) is 18.9 Å². The molecule has 128 valence electrons. The van der Waals surface area contributed by atoms with Crippen molar-refractivity contribution in [2.45, 2.75) is 12.2 Å². The molecule has 0 spiro atoms. The van der Waals surface area contributed by atoms with E-state index >= 15 is 0 Å². The van der Waals surface area contributed by atoms with Crippen molar-refractivity contribution in [2.24, 2.45) is 0 Å². The second kappa shape index (κ2) is 10.6. The standard InChI is InChI=1S/C19H23NO3S/c1-22-17-8-5-9-18(14-17)23-12-11-20-19(21)10-13-24-15-16-6-3-2-4-7-16/h2-9,14H,10-13,15H2,1H3,(H,20,21). The van der Waals surface area contributed by atoms with Crippen LogP contribution in [0.2, 0.25) is 0 Å². The quantitative estimate of drug-likeness (QED) is 0.670. The Labute approximate surface area is 147 Å². The summed E-state index contributed by atoms with van der Waals surface area (Å²) in [7, 11) is 1.62. The molecule has 0 aromatic heterocycles. The Morgan fingerprint density at radius 3 is 2.67 bits per heavy atom. The van der Waals surface area contributed by atoms with Crippen molar-refractivity contribution in [3.05, 3.63) is 60.2 Å². The Balaban J connectivity index is 1.53. The van der Waals surface area contributed by atoms with E-state index in [1.807, 2.05) is 42.5 Å². The summed E-state index contributed by atoms with van der Waals surface area (Å²) in [6, 6.07) is 17.7. The number of ether oxygens (including phenoxy) is 2. The van der Waals surface area contributed by atoms with Gasteiger partial charge in [-0.15, -0.1) is 0 Å². The third kappa shape index (κ3) is 6.96. The molecule has 1 N–H and O–H groups in total. The van der Waals surface area contributed by atoms with Crippen LogP contribution >= 0.6 is 11.8 Å². The van der Waals surface area contributed by atoms with Crippen LogP contribution in [0.15, 0.2) is 54.6 Å². The van der Waals surface area contributed by atoms with Gasteiger partial charge in [0.2, 0.25) is 5.91 Å². The van der Waals surface area contributed by atoms with E-state index < -0.39 is 0 Å². The maximum Gasteiger partial charge on any atom is 0.220 e. The number of rotatable bonds is 10. The van der Waals surface area contributed by atoms with Crippen LogP contribution in [0.1, 0.15) is 12.0 Å². The summed E-state index contributed by atoms with van der Waals surface area (Å²) >= 11 is 1.77. The van der Waals surface area contributed by atoms with Gasteiger partial charge in [-0.05, 0) is 17.7 Å². The normalized spacial score (nSPS) is 10.2. The fraction of sp³-hybridized carbons (Fsp3) is 0.316. The highest BCUT2D eigenvalue weighted by atomic mass is 32.2. The number of benzene rings is 2. The summed E-state index contributed by atoms with van der Waals surface area (Å²) < 4.78 is 10.7. The highest BCUT2D eigenvalue weighted by molar-refractivity contribution is 7.98.